The Morgan fingerprint density at radius 2 is 1.62 bits per heavy atom. The van der Waals surface area contributed by atoms with E-state index in [-0.39, 0.29) is 0 Å². The van der Waals surface area contributed by atoms with E-state index in [2.05, 4.69) is 0 Å². The van der Waals surface area contributed by atoms with Crippen LogP contribution in [0.15, 0.2) is 66.2 Å². The molecule has 0 saturated heterocycles. The van der Waals surface area contributed by atoms with Crippen LogP contribution in [0.25, 0.3) is 0 Å². The number of aldehydes is 1. The first-order valence-corrected chi connectivity index (χ1v) is 8.75. The largest absolute Gasteiger partial charge is 0.497 e. The van der Waals surface area contributed by atoms with Gasteiger partial charge in [0.25, 0.3) is 0 Å². The fourth-order valence-electron chi connectivity index (χ4n) is 2.43. The van der Waals surface area contributed by atoms with Crippen LogP contribution >= 0.6 is 0 Å². The maximum atomic E-state index is 10.7. The van der Waals surface area contributed by atoms with E-state index in [4.69, 9.17) is 14.2 Å². The summed E-state index contributed by atoms with van der Waals surface area (Å²) < 4.78 is 16.6. The summed E-state index contributed by atoms with van der Waals surface area (Å²) in [6, 6.07) is 17.9. The Balaban J connectivity index is 1.76. The third-order valence-corrected chi connectivity index (χ3v) is 3.90. The van der Waals surface area contributed by atoms with Crippen molar-refractivity contribution in [2.75, 3.05) is 20.3 Å². The Kier molecular flexibility index (Phi) is 9.19. The van der Waals surface area contributed by atoms with Crippen LogP contribution in [-0.4, -0.2) is 26.6 Å². The fourth-order valence-corrected chi connectivity index (χ4v) is 2.43. The Bertz CT molecular complexity index is 662. The Hall–Kier alpha value is -2.43. The number of methoxy groups -OCH3 is 1. The van der Waals surface area contributed by atoms with E-state index >= 15 is 0 Å². The molecule has 0 aliphatic heterocycles. The van der Waals surface area contributed by atoms with Gasteiger partial charge in [0, 0.05) is 6.42 Å². The second-order valence-electron chi connectivity index (χ2n) is 5.91. The molecule has 26 heavy (non-hydrogen) atoms. The van der Waals surface area contributed by atoms with Crippen molar-refractivity contribution in [3.63, 3.8) is 0 Å². The molecule has 0 spiro atoms. The number of hydrogen-bond acceptors (Lipinski definition) is 4. The molecule has 0 amide bonds. The van der Waals surface area contributed by atoms with Crippen molar-refractivity contribution in [1.82, 2.24) is 0 Å². The highest BCUT2D eigenvalue weighted by Gasteiger charge is 2.01. The molecule has 0 unspecified atom stereocenters. The van der Waals surface area contributed by atoms with Gasteiger partial charge in [-0.25, -0.2) is 0 Å². The lowest BCUT2D eigenvalue weighted by Crippen LogP contribution is -2.02. The number of ether oxygens (including phenoxy) is 3. The standard InChI is InChI=1S/C22H26O4/c1-24-22-11-9-21(10-12-22)18-26-17-20(8-5-14-23)13-15-25-16-19-6-3-2-4-7-19/h2-4,6-7,9-14H,5,8,15-18H2,1H3/b20-13-. The number of rotatable bonds is 12. The van der Waals surface area contributed by atoms with Crippen molar-refractivity contribution in [2.24, 2.45) is 0 Å². The topological polar surface area (TPSA) is 44.8 Å². The van der Waals surface area contributed by atoms with Crippen LogP contribution in [0.5, 0.6) is 5.75 Å². The lowest BCUT2D eigenvalue weighted by Gasteiger charge is -2.09. The van der Waals surface area contributed by atoms with Crippen LogP contribution in [0.3, 0.4) is 0 Å². The van der Waals surface area contributed by atoms with E-state index in [1.165, 1.54) is 0 Å². The third-order valence-electron chi connectivity index (χ3n) is 3.90. The van der Waals surface area contributed by atoms with Gasteiger partial charge in [-0.15, -0.1) is 0 Å². The maximum absolute atomic E-state index is 10.7. The molecule has 0 atom stereocenters. The van der Waals surface area contributed by atoms with Gasteiger partial charge in [-0.1, -0.05) is 48.5 Å². The first-order chi connectivity index (χ1) is 12.8. The van der Waals surface area contributed by atoms with Crippen LogP contribution in [0.2, 0.25) is 0 Å². The van der Waals surface area contributed by atoms with Gasteiger partial charge < -0.3 is 19.0 Å². The lowest BCUT2D eigenvalue weighted by molar-refractivity contribution is -0.107. The Labute approximate surface area is 155 Å². The van der Waals surface area contributed by atoms with E-state index in [0.29, 0.717) is 39.3 Å². The summed E-state index contributed by atoms with van der Waals surface area (Å²) in [5.74, 6) is 0.830. The van der Waals surface area contributed by atoms with Gasteiger partial charge in [-0.2, -0.15) is 0 Å². The summed E-state index contributed by atoms with van der Waals surface area (Å²) in [5, 5.41) is 0. The van der Waals surface area contributed by atoms with E-state index < -0.39 is 0 Å². The molecule has 0 radical (unpaired) electrons. The molecule has 4 nitrogen and oxygen atoms in total. The van der Waals surface area contributed by atoms with Crippen molar-refractivity contribution in [2.45, 2.75) is 26.1 Å². The summed E-state index contributed by atoms with van der Waals surface area (Å²) in [5.41, 5.74) is 3.31. The van der Waals surface area contributed by atoms with Gasteiger partial charge in [0.2, 0.25) is 0 Å². The predicted molar refractivity (Wildman–Crippen MR) is 102 cm³/mol. The average molecular weight is 354 g/mol. The van der Waals surface area contributed by atoms with Gasteiger partial charge in [-0.05, 0) is 35.3 Å². The molecule has 0 fully saturated rings. The van der Waals surface area contributed by atoms with Gasteiger partial charge in [0.05, 0.1) is 33.5 Å². The van der Waals surface area contributed by atoms with Gasteiger partial charge in [-0.3, -0.25) is 0 Å². The molecular weight excluding hydrogens is 328 g/mol. The van der Waals surface area contributed by atoms with Gasteiger partial charge >= 0.3 is 0 Å². The molecule has 2 aromatic rings. The summed E-state index contributed by atoms with van der Waals surface area (Å²) in [7, 11) is 1.65. The zero-order chi connectivity index (χ0) is 18.5. The van der Waals surface area contributed by atoms with Crippen molar-refractivity contribution < 1.29 is 19.0 Å². The summed E-state index contributed by atoms with van der Waals surface area (Å²) in [6.45, 7) is 2.10. The zero-order valence-corrected chi connectivity index (χ0v) is 15.2. The molecule has 0 aliphatic carbocycles. The van der Waals surface area contributed by atoms with Gasteiger partial charge in [0.1, 0.15) is 12.0 Å². The quantitative estimate of drug-likeness (QED) is 0.323. The molecule has 2 aromatic carbocycles. The minimum atomic E-state index is 0.495. The predicted octanol–water partition coefficient (Wildman–Crippen LogP) is 4.33. The van der Waals surface area contributed by atoms with Crippen LogP contribution in [0.4, 0.5) is 0 Å². The van der Waals surface area contributed by atoms with Crippen LogP contribution in [0.1, 0.15) is 24.0 Å². The fraction of sp³-hybridized carbons (Fsp3) is 0.318. The first kappa shape index (κ1) is 19.9. The summed E-state index contributed by atoms with van der Waals surface area (Å²) >= 11 is 0. The molecule has 0 heterocycles. The Morgan fingerprint density at radius 1 is 0.923 bits per heavy atom. The third kappa shape index (κ3) is 7.64. The molecule has 0 N–H and O–H groups in total. The highest BCUT2D eigenvalue weighted by Crippen LogP contribution is 2.13. The molecule has 138 valence electrons. The minimum absolute atomic E-state index is 0.495. The number of carbonyl (C=O) groups is 1. The smallest absolute Gasteiger partial charge is 0.120 e. The second-order valence-corrected chi connectivity index (χ2v) is 5.91. The first-order valence-electron chi connectivity index (χ1n) is 8.75. The average Bonchev–Trinajstić information content (AvgIpc) is 2.70. The number of hydrogen-bond donors (Lipinski definition) is 0. The normalized spacial score (nSPS) is 11.3. The van der Waals surface area contributed by atoms with Crippen molar-refractivity contribution in [3.8, 4) is 5.75 Å². The van der Waals surface area contributed by atoms with Crippen molar-refractivity contribution in [3.05, 3.63) is 77.4 Å². The van der Waals surface area contributed by atoms with E-state index in [1.807, 2.05) is 60.7 Å². The SMILES string of the molecule is COc1ccc(COC/C(=C\COCc2ccccc2)CCC=O)cc1. The van der Waals surface area contributed by atoms with Crippen LogP contribution < -0.4 is 4.74 Å². The maximum Gasteiger partial charge on any atom is 0.120 e. The van der Waals surface area contributed by atoms with E-state index in [0.717, 1.165) is 28.7 Å². The highest BCUT2D eigenvalue weighted by atomic mass is 16.5. The van der Waals surface area contributed by atoms with E-state index in [1.54, 1.807) is 7.11 Å². The van der Waals surface area contributed by atoms with E-state index in [9.17, 15) is 4.79 Å². The number of carbonyl (C=O) groups excluding carboxylic acids is 1. The lowest BCUT2D eigenvalue weighted by atomic mass is 10.1. The molecule has 0 aromatic heterocycles. The highest BCUT2D eigenvalue weighted by molar-refractivity contribution is 5.49. The molecule has 0 saturated carbocycles. The van der Waals surface area contributed by atoms with Crippen LogP contribution in [0, 0.1) is 0 Å². The van der Waals surface area contributed by atoms with Crippen molar-refractivity contribution >= 4 is 6.29 Å². The summed E-state index contributed by atoms with van der Waals surface area (Å²) in [4.78, 5) is 10.7. The zero-order valence-electron chi connectivity index (χ0n) is 15.2. The monoisotopic (exact) mass is 354 g/mol. The van der Waals surface area contributed by atoms with Crippen LogP contribution in [-0.2, 0) is 27.5 Å². The second kappa shape index (κ2) is 12.0. The molecule has 0 bridgehead atoms. The number of benzene rings is 2. The molecular formula is C22H26O4. The summed E-state index contributed by atoms with van der Waals surface area (Å²) in [6.07, 6.45) is 4.14. The molecule has 2 rings (SSSR count). The Morgan fingerprint density at radius 3 is 2.31 bits per heavy atom. The van der Waals surface area contributed by atoms with Crippen molar-refractivity contribution in [1.29, 1.82) is 0 Å². The van der Waals surface area contributed by atoms with Gasteiger partial charge in [0.15, 0.2) is 0 Å². The molecule has 4 heteroatoms. The molecule has 0 aliphatic rings. The minimum Gasteiger partial charge on any atom is -0.497 e.